The van der Waals surface area contributed by atoms with Crippen molar-refractivity contribution in [2.45, 2.75) is 201 Å². The van der Waals surface area contributed by atoms with Gasteiger partial charge >= 0.3 is 32.4 Å². The van der Waals surface area contributed by atoms with Crippen molar-refractivity contribution in [2.75, 3.05) is 0 Å². The predicted octanol–water partition coefficient (Wildman–Crippen LogP) is 11.8. The van der Waals surface area contributed by atoms with Crippen molar-refractivity contribution in [1.82, 2.24) is 0 Å². The first-order chi connectivity index (χ1) is 24.3. The first-order valence-corrected chi connectivity index (χ1v) is 56.5. The van der Waals surface area contributed by atoms with Crippen molar-refractivity contribution < 1.29 is 46.6 Å². The quantitative estimate of drug-likeness (QED) is 0.0524. The molecule has 0 fully saturated rings. The zero-order valence-electron chi connectivity index (χ0n) is 42.3. The summed E-state index contributed by atoms with van der Waals surface area (Å²) in [5, 5.41) is 0. The highest BCUT2D eigenvalue weighted by molar-refractivity contribution is 7.04. The van der Waals surface area contributed by atoms with Gasteiger partial charge in [0.2, 0.25) is 0 Å². The normalized spacial score (nSPS) is 16.2. The van der Waals surface area contributed by atoms with Crippen LogP contribution >= 0.6 is 0 Å². The zero-order valence-corrected chi connectivity index (χ0v) is 54.3. The van der Waals surface area contributed by atoms with Gasteiger partial charge < -0.3 is 41.8 Å². The van der Waals surface area contributed by atoms with Gasteiger partial charge in [0, 0.05) is 5.57 Å². The lowest BCUT2D eigenvalue weighted by atomic mass is 10.3. The molecule has 0 aromatic rings. The van der Waals surface area contributed by atoms with Crippen LogP contribution in [0.1, 0.15) is 13.8 Å². The molecule has 0 radical (unpaired) electrons. The molecule has 0 aliphatic heterocycles. The Labute approximate surface area is 364 Å². The summed E-state index contributed by atoms with van der Waals surface area (Å²) < 4.78 is 77.2. The van der Waals surface area contributed by atoms with E-state index in [1.165, 1.54) is 0 Å². The van der Waals surface area contributed by atoms with Crippen molar-refractivity contribution in [3.8, 4) is 0 Å². The van der Waals surface area contributed by atoms with Crippen molar-refractivity contribution in [3.63, 3.8) is 0 Å². The first-order valence-electron chi connectivity index (χ1n) is 20.5. The minimum atomic E-state index is -4.63. The summed E-state index contributed by atoms with van der Waals surface area (Å²) in [6.45, 7) is 65.7. The number of hydrogen-bond donors (Lipinski definition) is 0. The molecule has 340 valence electrons. The lowest BCUT2D eigenvalue weighted by Gasteiger charge is -2.61. The van der Waals surface area contributed by atoms with Crippen molar-refractivity contribution in [2.24, 2.45) is 0 Å². The fraction of sp³-hybridized carbons (Fsp3) is 0.912. The van der Waals surface area contributed by atoms with Gasteiger partial charge in [-0.2, -0.15) is 0 Å². The Kier molecular flexibility index (Phi) is 19.4. The Hall–Kier alpha value is 1.45. The average molecular weight is 1010 g/mol. The third kappa shape index (κ3) is 19.8. The van der Waals surface area contributed by atoms with Gasteiger partial charge in [0.1, 0.15) is 0 Å². The molecule has 0 bridgehead atoms. The molecule has 0 saturated carbocycles. The van der Waals surface area contributed by atoms with E-state index in [0.717, 1.165) is 0 Å². The lowest BCUT2D eigenvalue weighted by molar-refractivity contribution is -0.150. The fourth-order valence-electron chi connectivity index (χ4n) is 6.02. The Morgan fingerprint density at radius 1 is 0.386 bits per heavy atom. The van der Waals surface area contributed by atoms with Crippen LogP contribution in [0.4, 0.5) is 0 Å². The fourth-order valence-corrected chi connectivity index (χ4v) is 54.7. The largest absolute Gasteiger partial charge is 0.521 e. The second kappa shape index (κ2) is 18.9. The Balaban J connectivity index is 10.6. The van der Waals surface area contributed by atoms with E-state index in [9.17, 15) is 0 Å². The molecule has 1 unspecified atom stereocenters. The number of carbonyl (C=O) groups is 1. The Bertz CT molecular complexity index is 1180. The molecule has 0 spiro atoms. The highest BCUT2D eigenvalue weighted by atomic mass is 28.6. The van der Waals surface area contributed by atoms with Crippen LogP contribution in [0, 0.1) is 0 Å². The maximum Gasteiger partial charge on any atom is 0.521 e. The highest BCUT2D eigenvalue weighted by Crippen LogP contribution is 2.56. The van der Waals surface area contributed by atoms with Crippen molar-refractivity contribution >= 4 is 107 Å². The van der Waals surface area contributed by atoms with Gasteiger partial charge in [-0.25, -0.2) is 4.79 Å². The van der Waals surface area contributed by atoms with Crippen LogP contribution in [0.3, 0.4) is 0 Å². The molecule has 0 aliphatic carbocycles. The summed E-state index contributed by atoms with van der Waals surface area (Å²) in [7, 11) is -37.5. The van der Waals surface area contributed by atoms with Crippen LogP contribution in [0.5, 0.6) is 0 Å². The molecule has 0 aliphatic rings. The van der Waals surface area contributed by atoms with Crippen LogP contribution in [-0.4, -0.2) is 112 Å². The smallest absolute Gasteiger partial charge is 0.446 e. The molecule has 0 heterocycles. The molecule has 0 aromatic heterocycles. The maximum absolute atomic E-state index is 15.1. The van der Waals surface area contributed by atoms with E-state index in [1.54, 1.807) is 6.92 Å². The molecule has 0 rings (SSSR count). The van der Waals surface area contributed by atoms with Crippen LogP contribution in [0.25, 0.3) is 0 Å². The first kappa shape index (κ1) is 58.5. The summed E-state index contributed by atoms with van der Waals surface area (Å²) >= 11 is 0. The summed E-state index contributed by atoms with van der Waals surface area (Å²) in [4.78, 5) is 13.1. The van der Waals surface area contributed by atoms with E-state index in [2.05, 4.69) is 190 Å². The molecule has 0 N–H and O–H groups in total. The highest BCUT2D eigenvalue weighted by Gasteiger charge is 2.88. The lowest BCUT2D eigenvalue weighted by Crippen LogP contribution is -2.90. The van der Waals surface area contributed by atoms with Crippen LogP contribution < -0.4 is 0 Å². The molecule has 0 amide bonds. The number of esters is 1. The van der Waals surface area contributed by atoms with Crippen molar-refractivity contribution in [3.05, 3.63) is 12.2 Å². The minimum absolute atomic E-state index is 0.205. The Morgan fingerprint density at radius 2 is 0.561 bits per heavy atom. The number of ether oxygens (including phenoxy) is 1. The van der Waals surface area contributed by atoms with Gasteiger partial charge in [0.15, 0.2) is 74.9 Å². The van der Waals surface area contributed by atoms with Crippen LogP contribution in [0.15, 0.2) is 12.2 Å². The molecule has 0 saturated heterocycles. The van der Waals surface area contributed by atoms with Gasteiger partial charge in [-0.3, -0.25) is 0 Å². The SMILES string of the molecule is C=C(C)C(=O)OC(C(C)[Si](O[Si](C)(C)C)(O[Si](C)(C)C)O[Si](C)(C)C)([Si](O[Si](C)(C)C)(O[Si](C)(C)C)O[Si](C)(C)C)[Si](O[Si](C)(C)C)(O[Si](C)(C)C)O[Si](C)(C)C. The molecular formula is C34H90O11Si12. The third-order valence-corrected chi connectivity index (χ3v) is 45.3. The van der Waals surface area contributed by atoms with Crippen molar-refractivity contribution in [1.29, 1.82) is 0 Å². The molecule has 23 heteroatoms. The van der Waals surface area contributed by atoms with E-state index < -0.39 is 118 Å². The van der Waals surface area contributed by atoms with Gasteiger partial charge in [0.05, 0.1) is 5.54 Å². The van der Waals surface area contributed by atoms with E-state index in [1.807, 2.05) is 0 Å². The Morgan fingerprint density at radius 3 is 0.702 bits per heavy atom. The zero-order chi connectivity index (χ0) is 46.3. The van der Waals surface area contributed by atoms with E-state index in [0.29, 0.717) is 0 Å². The summed E-state index contributed by atoms with van der Waals surface area (Å²) in [6.07, 6.45) is 0. The summed E-state index contributed by atoms with van der Waals surface area (Å²) in [5.41, 5.74) is -0.707. The standard InChI is InChI=1S/C34H90O11Si12/c1-31(2)33(35)36-34(56(40-49(13,14)15,41-50(16,17)18)42-51(19,20)21,57(43-52(22,23)24,44-53(25,26)27)45-54(28,29)30)32(3)55(37-46(4,5)6,38-47(7,8)9)39-48(10,11)12/h32H,1H2,2-30H3. The third-order valence-electron chi connectivity index (χ3n) is 6.64. The molecule has 11 nitrogen and oxygen atoms in total. The van der Waals surface area contributed by atoms with E-state index in [-0.39, 0.29) is 5.57 Å². The number of carbonyl (C=O) groups excluding carboxylic acids is 1. The summed E-state index contributed by atoms with van der Waals surface area (Å²) in [5.74, 6) is -0.637. The van der Waals surface area contributed by atoms with Crippen LogP contribution in [-0.2, 0) is 46.6 Å². The van der Waals surface area contributed by atoms with E-state index >= 15 is 4.79 Å². The second-order valence-electron chi connectivity index (χ2n) is 24.3. The van der Waals surface area contributed by atoms with Gasteiger partial charge in [-0.15, -0.1) is 0 Å². The van der Waals surface area contributed by atoms with Crippen LogP contribution in [0.2, 0.25) is 182 Å². The van der Waals surface area contributed by atoms with Gasteiger partial charge in [0.25, 0.3) is 4.85 Å². The topological polar surface area (TPSA) is 109 Å². The number of rotatable bonds is 24. The molecule has 0 aromatic carbocycles. The molecular weight excluding hydrogens is 921 g/mol. The molecule has 1 atom stereocenters. The van der Waals surface area contributed by atoms with Gasteiger partial charge in [-0.05, 0) is 184 Å². The predicted molar refractivity (Wildman–Crippen MR) is 270 cm³/mol. The minimum Gasteiger partial charge on any atom is -0.446 e. The van der Waals surface area contributed by atoms with Gasteiger partial charge in [-0.1, -0.05) is 13.5 Å². The average Bonchev–Trinajstić information content (AvgIpc) is 2.76. The maximum atomic E-state index is 15.1. The van der Waals surface area contributed by atoms with E-state index in [4.69, 9.17) is 41.8 Å². The number of hydrogen-bond acceptors (Lipinski definition) is 11. The monoisotopic (exact) mass is 1010 g/mol. The molecule has 57 heavy (non-hydrogen) atoms. The second-order valence-corrected chi connectivity index (χ2v) is 75.9. The summed E-state index contributed by atoms with van der Waals surface area (Å²) in [6, 6.07) is 0.